The van der Waals surface area contributed by atoms with Gasteiger partial charge in [-0.2, -0.15) is 0 Å². The van der Waals surface area contributed by atoms with Gasteiger partial charge in [-0.1, -0.05) is 18.2 Å². The highest BCUT2D eigenvalue weighted by Crippen LogP contribution is 2.14. The highest BCUT2D eigenvalue weighted by Gasteiger charge is 2.13. The molecule has 1 atom stereocenters. The second-order valence-corrected chi connectivity index (χ2v) is 4.03. The molecule has 100 valence electrons. The van der Waals surface area contributed by atoms with Gasteiger partial charge in [0.05, 0.1) is 19.1 Å². The second kappa shape index (κ2) is 7.68. The van der Waals surface area contributed by atoms with Crippen molar-refractivity contribution >= 4 is 11.7 Å². The molecule has 0 spiro atoms. The first-order valence-corrected chi connectivity index (χ1v) is 5.82. The monoisotopic (exact) mass is 253 g/mol. The summed E-state index contributed by atoms with van der Waals surface area (Å²) in [7, 11) is 1.52. The van der Waals surface area contributed by atoms with Gasteiger partial charge in [-0.3, -0.25) is 4.79 Å². The zero-order chi connectivity index (χ0) is 13.4. The van der Waals surface area contributed by atoms with Crippen LogP contribution in [0.5, 0.6) is 0 Å². The molecule has 0 saturated heterocycles. The fourth-order valence-corrected chi connectivity index (χ4v) is 1.69. The average molecular weight is 253 g/mol. The Morgan fingerprint density at radius 1 is 1.39 bits per heavy atom. The number of carboxylic acid groups (broad SMARTS) is 1. The Bertz CT molecular complexity index is 355. The van der Waals surface area contributed by atoms with Crippen molar-refractivity contribution in [2.75, 3.05) is 31.7 Å². The van der Waals surface area contributed by atoms with Crippen molar-refractivity contribution in [1.82, 2.24) is 0 Å². The molecule has 1 unspecified atom stereocenters. The number of aliphatic carboxylic acids is 1. The Morgan fingerprint density at radius 3 is 2.61 bits per heavy atom. The number of carbonyl (C=O) groups is 1. The van der Waals surface area contributed by atoms with Crippen LogP contribution in [0.3, 0.4) is 0 Å². The Balaban J connectivity index is 2.66. The number of aliphatic hydroxyl groups excluding tert-OH is 1. The lowest BCUT2D eigenvalue weighted by molar-refractivity contribution is -0.136. The maximum Gasteiger partial charge on any atom is 0.305 e. The summed E-state index contributed by atoms with van der Waals surface area (Å²) in [5, 5.41) is 18.5. The molecular weight excluding hydrogens is 234 g/mol. The van der Waals surface area contributed by atoms with Crippen LogP contribution in [0.15, 0.2) is 30.3 Å². The number of hydrogen-bond acceptors (Lipinski definition) is 4. The number of anilines is 1. The average Bonchev–Trinajstić information content (AvgIpc) is 2.35. The topological polar surface area (TPSA) is 70.0 Å². The summed E-state index contributed by atoms with van der Waals surface area (Å²) in [4.78, 5) is 12.5. The van der Waals surface area contributed by atoms with Crippen molar-refractivity contribution in [2.24, 2.45) is 0 Å². The Morgan fingerprint density at radius 2 is 2.06 bits per heavy atom. The van der Waals surface area contributed by atoms with Crippen molar-refractivity contribution in [3.63, 3.8) is 0 Å². The lowest BCUT2D eigenvalue weighted by Crippen LogP contribution is -2.36. The van der Waals surface area contributed by atoms with E-state index in [0.29, 0.717) is 13.1 Å². The third kappa shape index (κ3) is 5.16. The van der Waals surface area contributed by atoms with Gasteiger partial charge in [0.15, 0.2) is 0 Å². The van der Waals surface area contributed by atoms with E-state index in [2.05, 4.69) is 0 Å². The summed E-state index contributed by atoms with van der Waals surface area (Å²) < 4.78 is 4.87. The molecule has 2 N–H and O–H groups in total. The van der Waals surface area contributed by atoms with Crippen LogP contribution in [-0.4, -0.2) is 49.1 Å². The van der Waals surface area contributed by atoms with Gasteiger partial charge in [0.1, 0.15) is 0 Å². The fourth-order valence-electron chi connectivity index (χ4n) is 1.69. The van der Waals surface area contributed by atoms with Gasteiger partial charge in [0.2, 0.25) is 0 Å². The summed E-state index contributed by atoms with van der Waals surface area (Å²) in [5.74, 6) is -0.850. The van der Waals surface area contributed by atoms with Gasteiger partial charge >= 0.3 is 5.97 Å². The number of nitrogens with zero attached hydrogens (tertiary/aromatic N) is 1. The number of para-hydroxylation sites is 1. The predicted molar refractivity (Wildman–Crippen MR) is 68.8 cm³/mol. The minimum Gasteiger partial charge on any atom is -0.481 e. The Labute approximate surface area is 107 Å². The molecular formula is C13H19NO4. The third-order valence-electron chi connectivity index (χ3n) is 2.51. The van der Waals surface area contributed by atoms with Gasteiger partial charge in [-0.25, -0.2) is 0 Å². The van der Waals surface area contributed by atoms with Crippen LogP contribution in [-0.2, 0) is 9.53 Å². The number of aliphatic hydroxyl groups is 1. The first-order chi connectivity index (χ1) is 8.63. The molecule has 0 radical (unpaired) electrons. The van der Waals surface area contributed by atoms with Crippen LogP contribution in [0.2, 0.25) is 0 Å². The van der Waals surface area contributed by atoms with E-state index >= 15 is 0 Å². The molecule has 5 heteroatoms. The highest BCUT2D eigenvalue weighted by molar-refractivity contribution is 5.67. The normalized spacial score (nSPS) is 12.1. The number of hydrogen-bond donors (Lipinski definition) is 2. The standard InChI is InChI=1S/C13H19NO4/c1-18-10-12(15)9-14(8-7-13(16)17)11-5-3-2-4-6-11/h2-6,12,15H,7-10H2,1H3,(H,16,17). The molecule has 0 aromatic heterocycles. The number of carboxylic acids is 1. The lowest BCUT2D eigenvalue weighted by atomic mass is 10.2. The van der Waals surface area contributed by atoms with Crippen LogP contribution in [0.1, 0.15) is 6.42 Å². The van der Waals surface area contributed by atoms with Gasteiger partial charge in [-0.05, 0) is 12.1 Å². The summed E-state index contributed by atoms with van der Waals surface area (Å²) in [6.45, 7) is 0.946. The van der Waals surface area contributed by atoms with Gasteiger partial charge in [0, 0.05) is 25.9 Å². The molecule has 0 aliphatic rings. The van der Waals surface area contributed by atoms with Crippen molar-refractivity contribution in [3.05, 3.63) is 30.3 Å². The van der Waals surface area contributed by atoms with Crippen LogP contribution in [0, 0.1) is 0 Å². The third-order valence-corrected chi connectivity index (χ3v) is 2.51. The second-order valence-electron chi connectivity index (χ2n) is 4.03. The summed E-state index contributed by atoms with van der Waals surface area (Å²) in [5.41, 5.74) is 0.897. The van der Waals surface area contributed by atoms with E-state index in [1.807, 2.05) is 35.2 Å². The van der Waals surface area contributed by atoms with E-state index in [0.717, 1.165) is 5.69 Å². The van der Waals surface area contributed by atoms with Crippen molar-refractivity contribution in [1.29, 1.82) is 0 Å². The number of ether oxygens (including phenoxy) is 1. The number of rotatable bonds is 8. The summed E-state index contributed by atoms with van der Waals surface area (Å²) in [6, 6.07) is 9.44. The quantitative estimate of drug-likeness (QED) is 0.722. The largest absolute Gasteiger partial charge is 0.481 e. The SMILES string of the molecule is COCC(O)CN(CCC(=O)O)c1ccccc1. The molecule has 1 aromatic rings. The lowest BCUT2D eigenvalue weighted by Gasteiger charge is -2.26. The molecule has 1 rings (SSSR count). The van der Waals surface area contributed by atoms with Crippen LogP contribution in [0.4, 0.5) is 5.69 Å². The van der Waals surface area contributed by atoms with E-state index in [9.17, 15) is 9.90 Å². The first-order valence-electron chi connectivity index (χ1n) is 5.82. The predicted octanol–water partition coefficient (Wildman–Crippen LogP) is 0.975. The van der Waals surface area contributed by atoms with Crippen LogP contribution in [0.25, 0.3) is 0 Å². The highest BCUT2D eigenvalue weighted by atomic mass is 16.5. The Hall–Kier alpha value is -1.59. The van der Waals surface area contributed by atoms with E-state index in [4.69, 9.17) is 9.84 Å². The molecule has 0 amide bonds. The van der Waals surface area contributed by atoms with Gasteiger partial charge in [-0.15, -0.1) is 0 Å². The molecule has 0 fully saturated rings. The van der Waals surface area contributed by atoms with E-state index < -0.39 is 12.1 Å². The van der Waals surface area contributed by atoms with Gasteiger partial charge in [0.25, 0.3) is 0 Å². The summed E-state index contributed by atoms with van der Waals surface area (Å²) in [6.07, 6.45) is -0.599. The first kappa shape index (κ1) is 14.5. The number of methoxy groups -OCH3 is 1. The maximum absolute atomic E-state index is 10.6. The minimum absolute atomic E-state index is 0.0363. The number of benzene rings is 1. The van der Waals surface area contributed by atoms with E-state index in [-0.39, 0.29) is 13.0 Å². The molecule has 5 nitrogen and oxygen atoms in total. The zero-order valence-electron chi connectivity index (χ0n) is 10.5. The van der Waals surface area contributed by atoms with Crippen molar-refractivity contribution in [2.45, 2.75) is 12.5 Å². The Kier molecular flexibility index (Phi) is 6.18. The molecule has 0 aliphatic carbocycles. The van der Waals surface area contributed by atoms with Crippen LogP contribution < -0.4 is 4.90 Å². The molecule has 18 heavy (non-hydrogen) atoms. The molecule has 0 aliphatic heterocycles. The molecule has 0 bridgehead atoms. The van der Waals surface area contributed by atoms with Crippen molar-refractivity contribution < 1.29 is 19.7 Å². The smallest absolute Gasteiger partial charge is 0.305 e. The van der Waals surface area contributed by atoms with Gasteiger partial charge < -0.3 is 19.8 Å². The minimum atomic E-state index is -0.850. The maximum atomic E-state index is 10.6. The zero-order valence-corrected chi connectivity index (χ0v) is 10.5. The molecule has 0 saturated carbocycles. The van der Waals surface area contributed by atoms with E-state index in [1.165, 1.54) is 7.11 Å². The molecule has 1 aromatic carbocycles. The van der Waals surface area contributed by atoms with Crippen molar-refractivity contribution in [3.8, 4) is 0 Å². The molecule has 0 heterocycles. The fraction of sp³-hybridized carbons (Fsp3) is 0.462. The van der Waals surface area contributed by atoms with Crippen LogP contribution >= 0.6 is 0 Å². The van der Waals surface area contributed by atoms with E-state index in [1.54, 1.807) is 0 Å². The summed E-state index contributed by atoms with van der Waals surface area (Å²) >= 11 is 0.